The van der Waals surface area contributed by atoms with Crippen LogP contribution in [-0.4, -0.2) is 4.98 Å². The minimum absolute atomic E-state index is 0.0139. The van der Waals surface area contributed by atoms with Crippen molar-refractivity contribution in [3.63, 3.8) is 0 Å². The van der Waals surface area contributed by atoms with E-state index >= 15 is 0 Å². The van der Waals surface area contributed by atoms with Crippen LogP contribution >= 0.6 is 15.9 Å². The van der Waals surface area contributed by atoms with Gasteiger partial charge in [-0.2, -0.15) is 0 Å². The van der Waals surface area contributed by atoms with E-state index in [9.17, 15) is 0 Å². The van der Waals surface area contributed by atoms with E-state index in [0.29, 0.717) is 4.47 Å². The molecule has 1 nitrogen and oxygen atoms in total. The van der Waals surface area contributed by atoms with Gasteiger partial charge in [-0.25, -0.2) is 4.98 Å². The molecule has 134 valence electrons. The Morgan fingerprint density at radius 3 is 1.64 bits per heavy atom. The number of hydrogen-bond donors (Lipinski definition) is 0. The Labute approximate surface area is 177 Å². The standard InChI is InChI=1S/C26H18BrN/c27-24-16-17-25(28-20-24)18-19-26(21-10-4-1-5-11-21,22-12-6-2-7-13-22)23-14-8-3-9-15-23/h1-17,20H/i16D,17D. The van der Waals surface area contributed by atoms with Crippen molar-refractivity contribution in [1.29, 1.82) is 0 Å². The average molecular weight is 426 g/mol. The van der Waals surface area contributed by atoms with Crippen LogP contribution < -0.4 is 0 Å². The Morgan fingerprint density at radius 1 is 0.714 bits per heavy atom. The zero-order chi connectivity index (χ0) is 21.0. The Kier molecular flexibility index (Phi) is 4.67. The molecule has 0 aliphatic rings. The van der Waals surface area contributed by atoms with Crippen LogP contribution in [0.4, 0.5) is 0 Å². The topological polar surface area (TPSA) is 12.9 Å². The molecule has 1 aromatic heterocycles. The molecule has 28 heavy (non-hydrogen) atoms. The summed E-state index contributed by atoms with van der Waals surface area (Å²) in [5.41, 5.74) is 2.64. The molecule has 0 spiro atoms. The normalized spacial score (nSPS) is 11.8. The molecule has 0 saturated heterocycles. The van der Waals surface area contributed by atoms with Gasteiger partial charge in [-0.3, -0.25) is 0 Å². The molecule has 0 aliphatic heterocycles. The van der Waals surface area contributed by atoms with E-state index in [-0.39, 0.29) is 17.8 Å². The minimum Gasteiger partial charge on any atom is -0.247 e. The van der Waals surface area contributed by atoms with Gasteiger partial charge in [-0.15, -0.1) is 0 Å². The molecule has 4 rings (SSSR count). The second-order valence-corrected chi connectivity index (χ2v) is 7.16. The van der Waals surface area contributed by atoms with Gasteiger partial charge in [0.15, 0.2) is 0 Å². The summed E-state index contributed by atoms with van der Waals surface area (Å²) < 4.78 is 16.8. The molecule has 4 aromatic rings. The molecule has 0 radical (unpaired) electrons. The van der Waals surface area contributed by atoms with E-state index in [1.54, 1.807) is 0 Å². The van der Waals surface area contributed by atoms with Crippen LogP contribution in [0.15, 0.2) is 114 Å². The van der Waals surface area contributed by atoms with Crippen LogP contribution in [0.1, 0.15) is 25.1 Å². The van der Waals surface area contributed by atoms with E-state index < -0.39 is 5.41 Å². The van der Waals surface area contributed by atoms with Gasteiger partial charge in [0, 0.05) is 10.7 Å². The number of benzene rings is 3. The van der Waals surface area contributed by atoms with Gasteiger partial charge < -0.3 is 0 Å². The SMILES string of the molecule is [2H]c1c(Br)cnc(C#CC(c2ccccc2)(c2ccccc2)c2ccccc2)c1[2H]. The van der Waals surface area contributed by atoms with Crippen LogP contribution in [0.3, 0.4) is 0 Å². The predicted octanol–water partition coefficient (Wildman–Crippen LogP) is 6.23. The van der Waals surface area contributed by atoms with Gasteiger partial charge in [0.25, 0.3) is 0 Å². The van der Waals surface area contributed by atoms with E-state index in [1.165, 1.54) is 6.20 Å². The first kappa shape index (κ1) is 15.9. The van der Waals surface area contributed by atoms with Crippen LogP contribution in [0.25, 0.3) is 0 Å². The first-order chi connectivity index (χ1) is 14.6. The second kappa shape index (κ2) is 8.25. The zero-order valence-electron chi connectivity index (χ0n) is 17.1. The maximum atomic E-state index is 8.28. The van der Waals surface area contributed by atoms with E-state index in [2.05, 4.69) is 69.2 Å². The summed E-state index contributed by atoms with van der Waals surface area (Å²) in [6.07, 6.45) is 1.53. The molecule has 3 aromatic carbocycles. The molecule has 0 fully saturated rings. The quantitative estimate of drug-likeness (QED) is 0.280. The smallest absolute Gasteiger partial charge is 0.113 e. The Balaban J connectivity index is 2.04. The van der Waals surface area contributed by atoms with Gasteiger partial charge in [0.2, 0.25) is 0 Å². The van der Waals surface area contributed by atoms with Crippen molar-refractivity contribution in [2.24, 2.45) is 0 Å². The van der Waals surface area contributed by atoms with E-state index in [4.69, 9.17) is 2.74 Å². The molecule has 0 bridgehead atoms. The average Bonchev–Trinajstić information content (AvgIpc) is 2.81. The van der Waals surface area contributed by atoms with E-state index in [1.807, 2.05) is 54.6 Å². The maximum Gasteiger partial charge on any atom is 0.113 e. The maximum absolute atomic E-state index is 8.28. The summed E-state index contributed by atoms with van der Waals surface area (Å²) in [6.45, 7) is 0. The third-order valence-corrected chi connectivity index (χ3v) is 5.00. The molecule has 0 unspecified atom stereocenters. The summed E-state index contributed by atoms with van der Waals surface area (Å²) in [5.74, 6) is 6.58. The van der Waals surface area contributed by atoms with Gasteiger partial charge in [-0.05, 0) is 50.6 Å². The third-order valence-electron chi connectivity index (χ3n) is 4.60. The van der Waals surface area contributed by atoms with Gasteiger partial charge in [0.05, 0.1) is 2.74 Å². The highest BCUT2D eigenvalue weighted by molar-refractivity contribution is 9.10. The van der Waals surface area contributed by atoms with Crippen LogP contribution in [0, 0.1) is 11.8 Å². The summed E-state index contributed by atoms with van der Waals surface area (Å²) >= 11 is 3.26. The first-order valence-corrected chi connectivity index (χ1v) is 9.73. The molecule has 0 atom stereocenters. The van der Waals surface area contributed by atoms with Gasteiger partial charge in [-0.1, -0.05) is 96.9 Å². The molecule has 0 N–H and O–H groups in total. The van der Waals surface area contributed by atoms with Gasteiger partial charge >= 0.3 is 0 Å². The summed E-state index contributed by atoms with van der Waals surface area (Å²) in [6, 6.07) is 30.5. The molecular weight excluding hydrogens is 406 g/mol. The molecule has 0 amide bonds. The summed E-state index contributed by atoms with van der Waals surface area (Å²) in [7, 11) is 0. The number of hydrogen-bond acceptors (Lipinski definition) is 1. The van der Waals surface area contributed by atoms with Crippen molar-refractivity contribution >= 4 is 15.9 Å². The number of pyridine rings is 1. The fourth-order valence-electron chi connectivity index (χ4n) is 3.30. The Hall–Kier alpha value is -3.15. The molecule has 1 heterocycles. The van der Waals surface area contributed by atoms with Crippen LogP contribution in [-0.2, 0) is 5.41 Å². The second-order valence-electron chi connectivity index (χ2n) is 6.30. The Bertz CT molecular complexity index is 1120. The highest BCUT2D eigenvalue weighted by Crippen LogP contribution is 2.38. The number of nitrogens with zero attached hydrogens (tertiary/aromatic N) is 1. The molecule has 0 saturated carbocycles. The Morgan fingerprint density at radius 2 is 1.18 bits per heavy atom. The van der Waals surface area contributed by atoms with E-state index in [0.717, 1.165) is 16.7 Å². The van der Waals surface area contributed by atoms with Gasteiger partial charge in [0.1, 0.15) is 11.1 Å². The highest BCUT2D eigenvalue weighted by atomic mass is 79.9. The number of aromatic nitrogens is 1. The largest absolute Gasteiger partial charge is 0.247 e. The fraction of sp³-hybridized carbons (Fsp3) is 0.0385. The van der Waals surface area contributed by atoms with Crippen molar-refractivity contribution in [3.8, 4) is 11.8 Å². The predicted molar refractivity (Wildman–Crippen MR) is 118 cm³/mol. The lowest BCUT2D eigenvalue weighted by Crippen LogP contribution is -2.27. The lowest BCUT2D eigenvalue weighted by Gasteiger charge is -2.30. The van der Waals surface area contributed by atoms with Crippen molar-refractivity contribution in [2.45, 2.75) is 5.41 Å². The van der Waals surface area contributed by atoms with Crippen molar-refractivity contribution in [1.82, 2.24) is 4.98 Å². The van der Waals surface area contributed by atoms with Crippen molar-refractivity contribution < 1.29 is 2.74 Å². The van der Waals surface area contributed by atoms with Crippen molar-refractivity contribution in [3.05, 3.63) is 136 Å². The summed E-state index contributed by atoms with van der Waals surface area (Å²) in [4.78, 5) is 4.29. The summed E-state index contributed by atoms with van der Waals surface area (Å²) in [5, 5.41) is 0. The van der Waals surface area contributed by atoms with Crippen LogP contribution in [0.5, 0.6) is 0 Å². The molecule has 2 heteroatoms. The molecule has 0 aliphatic carbocycles. The monoisotopic (exact) mass is 425 g/mol. The lowest BCUT2D eigenvalue weighted by molar-refractivity contribution is 0.809. The lowest BCUT2D eigenvalue weighted by atomic mass is 9.70. The third kappa shape index (κ3) is 3.63. The first-order valence-electron chi connectivity index (χ1n) is 9.94. The zero-order valence-corrected chi connectivity index (χ0v) is 16.6. The highest BCUT2D eigenvalue weighted by Gasteiger charge is 2.34. The number of rotatable bonds is 3. The van der Waals surface area contributed by atoms with Crippen molar-refractivity contribution in [2.75, 3.05) is 0 Å². The minimum atomic E-state index is -0.743. The van der Waals surface area contributed by atoms with Crippen LogP contribution in [0.2, 0.25) is 0 Å². The number of halogens is 1. The fourth-order valence-corrected chi connectivity index (χ4v) is 3.50. The molecular formula is C26H18BrN.